The lowest BCUT2D eigenvalue weighted by Crippen LogP contribution is -2.42. The maximum atomic E-state index is 12.4. The van der Waals surface area contributed by atoms with Crippen molar-refractivity contribution >= 4 is 35.8 Å². The van der Waals surface area contributed by atoms with E-state index in [1.807, 2.05) is 0 Å². The molecule has 1 saturated carbocycles. The second-order valence-electron chi connectivity index (χ2n) is 8.28. The van der Waals surface area contributed by atoms with Crippen molar-refractivity contribution in [1.29, 1.82) is 0 Å². The third-order valence-corrected chi connectivity index (χ3v) is 6.49. The van der Waals surface area contributed by atoms with Crippen LogP contribution in [0.4, 0.5) is 0 Å². The van der Waals surface area contributed by atoms with Gasteiger partial charge in [-0.3, -0.25) is 9.59 Å². The summed E-state index contributed by atoms with van der Waals surface area (Å²) in [6, 6.07) is 6.87. The van der Waals surface area contributed by atoms with Gasteiger partial charge in [0.25, 0.3) is 0 Å². The highest BCUT2D eigenvalue weighted by atomic mass is 16.4. The smallest absolute Gasteiger partial charge is 0.336 e. The molecule has 1 aliphatic rings. The van der Waals surface area contributed by atoms with E-state index in [1.165, 1.54) is 18.2 Å². The third-order valence-electron chi connectivity index (χ3n) is 6.49. The van der Waals surface area contributed by atoms with Crippen LogP contribution in [0.3, 0.4) is 0 Å². The first-order chi connectivity index (χ1) is 16.9. The van der Waals surface area contributed by atoms with Gasteiger partial charge >= 0.3 is 35.8 Å². The molecule has 4 unspecified atom stereocenters. The predicted molar refractivity (Wildman–Crippen MR) is 118 cm³/mol. The average Bonchev–Trinajstić information content (AvgIpc) is 2.81. The number of carboxylic acid groups (broad SMARTS) is 6. The molecule has 2 aromatic carbocycles. The van der Waals surface area contributed by atoms with E-state index >= 15 is 0 Å². The highest BCUT2D eigenvalue weighted by Gasteiger charge is 2.50. The molecule has 0 radical (unpaired) electrons. The second kappa shape index (κ2) is 9.86. The molecule has 36 heavy (non-hydrogen) atoms. The van der Waals surface area contributed by atoms with E-state index in [-0.39, 0.29) is 24.0 Å². The molecule has 0 heterocycles. The lowest BCUT2D eigenvalue weighted by Gasteiger charge is -2.41. The molecule has 1 aliphatic carbocycles. The Morgan fingerprint density at radius 3 is 1.47 bits per heavy atom. The van der Waals surface area contributed by atoms with E-state index in [0.717, 1.165) is 18.2 Å². The Balaban J connectivity index is 2.43. The number of carboxylic acids is 6. The Morgan fingerprint density at radius 1 is 0.583 bits per heavy atom. The molecule has 12 nitrogen and oxygen atoms in total. The van der Waals surface area contributed by atoms with Gasteiger partial charge in [0.1, 0.15) is 0 Å². The fraction of sp³-hybridized carbons (Fsp3) is 0.250. The van der Waals surface area contributed by atoms with Crippen molar-refractivity contribution in [3.63, 3.8) is 0 Å². The van der Waals surface area contributed by atoms with Gasteiger partial charge in [-0.1, -0.05) is 24.3 Å². The standard InChI is InChI=1S/C24H20O12/c25-19(26)12-5-1-3-9(16(12)22(31)32)10-7-8-14(21(29)30)18(24(35)36)15(10)11-4-2-6-13(20(27)28)17(11)23(33)34/h1-6,10,14-15,18H,7-8H2,(H,25,26)(H,27,28)(H,29,30)(H,31,32)(H,33,34)(H,35,36). The number of benzene rings is 2. The molecule has 0 bridgehead atoms. The molecule has 4 atom stereocenters. The van der Waals surface area contributed by atoms with Crippen LogP contribution in [0.5, 0.6) is 0 Å². The van der Waals surface area contributed by atoms with Crippen LogP contribution < -0.4 is 0 Å². The van der Waals surface area contributed by atoms with Crippen LogP contribution in [-0.4, -0.2) is 66.5 Å². The Bertz CT molecular complexity index is 1290. The normalized spacial score (nSPS) is 21.3. The number of hydrogen-bond acceptors (Lipinski definition) is 6. The zero-order chi connectivity index (χ0) is 26.9. The predicted octanol–water partition coefficient (Wildman–Crippen LogP) is 2.54. The van der Waals surface area contributed by atoms with Crippen molar-refractivity contribution in [2.24, 2.45) is 11.8 Å². The molecule has 0 amide bonds. The summed E-state index contributed by atoms with van der Waals surface area (Å²) in [7, 11) is 0. The molecule has 2 aromatic rings. The van der Waals surface area contributed by atoms with Gasteiger partial charge in [-0.2, -0.15) is 0 Å². The highest BCUT2D eigenvalue weighted by molar-refractivity contribution is 6.04. The molecule has 3 rings (SSSR count). The van der Waals surface area contributed by atoms with Crippen molar-refractivity contribution < 1.29 is 59.4 Å². The summed E-state index contributed by atoms with van der Waals surface area (Å²) in [4.78, 5) is 72.0. The van der Waals surface area contributed by atoms with Gasteiger partial charge in [0.05, 0.1) is 34.1 Å². The van der Waals surface area contributed by atoms with Crippen LogP contribution in [0.25, 0.3) is 0 Å². The van der Waals surface area contributed by atoms with Crippen molar-refractivity contribution in [2.45, 2.75) is 24.7 Å². The minimum absolute atomic E-state index is 0.125. The van der Waals surface area contributed by atoms with Crippen LogP contribution in [0.2, 0.25) is 0 Å². The number of aromatic carboxylic acids is 4. The topological polar surface area (TPSA) is 224 Å². The van der Waals surface area contributed by atoms with E-state index in [9.17, 15) is 59.4 Å². The van der Waals surface area contributed by atoms with Gasteiger partial charge in [0, 0.05) is 5.92 Å². The van der Waals surface area contributed by atoms with Crippen LogP contribution in [0.1, 0.15) is 77.2 Å². The summed E-state index contributed by atoms with van der Waals surface area (Å²) < 4.78 is 0. The summed E-state index contributed by atoms with van der Waals surface area (Å²) >= 11 is 0. The lowest BCUT2D eigenvalue weighted by atomic mass is 9.61. The van der Waals surface area contributed by atoms with Crippen LogP contribution in [0.15, 0.2) is 36.4 Å². The second-order valence-corrected chi connectivity index (χ2v) is 8.28. The largest absolute Gasteiger partial charge is 0.481 e. The van der Waals surface area contributed by atoms with Crippen LogP contribution >= 0.6 is 0 Å². The molecule has 0 aromatic heterocycles. The van der Waals surface area contributed by atoms with E-state index < -0.39 is 81.7 Å². The van der Waals surface area contributed by atoms with Crippen molar-refractivity contribution in [3.05, 3.63) is 69.8 Å². The van der Waals surface area contributed by atoms with Crippen molar-refractivity contribution in [3.8, 4) is 0 Å². The van der Waals surface area contributed by atoms with Crippen LogP contribution in [-0.2, 0) is 9.59 Å². The Hall–Kier alpha value is -4.74. The van der Waals surface area contributed by atoms with Crippen molar-refractivity contribution in [2.75, 3.05) is 0 Å². The summed E-state index contributed by atoms with van der Waals surface area (Å²) in [6.45, 7) is 0. The quantitative estimate of drug-likeness (QED) is 0.307. The Kier molecular flexibility index (Phi) is 7.09. The van der Waals surface area contributed by atoms with Gasteiger partial charge in [-0.25, -0.2) is 19.2 Å². The van der Waals surface area contributed by atoms with Gasteiger partial charge < -0.3 is 30.6 Å². The fourth-order valence-electron chi connectivity index (χ4n) is 5.14. The molecule has 0 spiro atoms. The monoisotopic (exact) mass is 500 g/mol. The van der Waals surface area contributed by atoms with Crippen LogP contribution in [0, 0.1) is 11.8 Å². The Labute approximate surface area is 202 Å². The number of rotatable bonds is 8. The zero-order valence-corrected chi connectivity index (χ0v) is 18.3. The first-order valence-corrected chi connectivity index (χ1v) is 10.5. The van der Waals surface area contributed by atoms with E-state index in [4.69, 9.17) is 0 Å². The summed E-state index contributed by atoms with van der Waals surface area (Å²) in [6.07, 6.45) is -0.365. The highest BCUT2D eigenvalue weighted by Crippen LogP contribution is 2.52. The summed E-state index contributed by atoms with van der Waals surface area (Å²) in [5, 5.41) is 58.5. The molecular formula is C24H20O12. The molecule has 188 valence electrons. The van der Waals surface area contributed by atoms with Gasteiger partial charge in [0.2, 0.25) is 0 Å². The maximum Gasteiger partial charge on any atom is 0.336 e. The minimum Gasteiger partial charge on any atom is -0.481 e. The number of carbonyl (C=O) groups is 6. The first kappa shape index (κ1) is 25.9. The number of aliphatic carboxylic acids is 2. The van der Waals surface area contributed by atoms with Gasteiger partial charge in [0.15, 0.2) is 0 Å². The minimum atomic E-state index is -1.78. The Morgan fingerprint density at radius 2 is 1.06 bits per heavy atom. The fourth-order valence-corrected chi connectivity index (χ4v) is 5.14. The molecule has 1 fully saturated rings. The van der Waals surface area contributed by atoms with Crippen molar-refractivity contribution in [1.82, 2.24) is 0 Å². The molecular weight excluding hydrogens is 480 g/mol. The maximum absolute atomic E-state index is 12.4. The van der Waals surface area contributed by atoms with E-state index in [2.05, 4.69) is 0 Å². The average molecular weight is 500 g/mol. The SMILES string of the molecule is O=C(O)c1cccc(C2CCC(C(=O)O)C(C(=O)O)C2c2cccc(C(=O)O)c2C(=O)O)c1C(=O)O. The molecule has 12 heteroatoms. The van der Waals surface area contributed by atoms with E-state index in [1.54, 1.807) is 0 Å². The molecule has 6 N–H and O–H groups in total. The zero-order valence-electron chi connectivity index (χ0n) is 18.3. The summed E-state index contributed by atoms with van der Waals surface area (Å²) in [5.41, 5.74) is -3.10. The lowest BCUT2D eigenvalue weighted by molar-refractivity contribution is -0.157. The first-order valence-electron chi connectivity index (χ1n) is 10.5. The molecule has 0 aliphatic heterocycles. The van der Waals surface area contributed by atoms with E-state index in [0.29, 0.717) is 0 Å². The third kappa shape index (κ3) is 4.48. The van der Waals surface area contributed by atoms with Gasteiger partial charge in [-0.05, 0) is 42.0 Å². The number of hydrogen-bond donors (Lipinski definition) is 6. The summed E-state index contributed by atoms with van der Waals surface area (Å²) in [5.74, 6) is -15.6. The molecule has 0 saturated heterocycles. The van der Waals surface area contributed by atoms with Gasteiger partial charge in [-0.15, -0.1) is 0 Å².